The van der Waals surface area contributed by atoms with Crippen LogP contribution in [0.15, 0.2) is 0 Å². The zero-order chi connectivity index (χ0) is 11.3. The molecule has 1 rings (SSSR count). The maximum Gasteiger partial charge on any atom is 0.409 e. The number of carbonyl (C=O) groups is 1. The van der Waals surface area contributed by atoms with Crippen LogP contribution in [0, 0.1) is 0 Å². The smallest absolute Gasteiger partial charge is 0.409 e. The van der Waals surface area contributed by atoms with Crippen LogP contribution in [0.2, 0.25) is 0 Å². The Bertz CT molecular complexity index is 214. The number of carbonyl (C=O) groups excluding carboxylic acids is 1. The Morgan fingerprint density at radius 2 is 2.57 bits per heavy atom. The zero-order valence-electron chi connectivity index (χ0n) is 9.95. The van der Waals surface area contributed by atoms with Crippen LogP contribution >= 0.6 is 0 Å². The molecule has 4 heteroatoms. The molecule has 1 amide bonds. The summed E-state index contributed by atoms with van der Waals surface area (Å²) in [5, 5.41) is 3.15. The Balaban J connectivity index is 2.37. The lowest BCUT2D eigenvalue weighted by Gasteiger charge is -2.31. The van der Waals surface area contributed by atoms with Crippen molar-refractivity contribution >= 4 is 6.09 Å². The van der Waals surface area contributed by atoms with E-state index in [1.807, 2.05) is 13.8 Å². The molecule has 0 aromatic carbocycles. The fourth-order valence-electron chi connectivity index (χ4n) is 1.35. The Labute approximate surface area is 87.0 Å². The van der Waals surface area contributed by atoms with Gasteiger partial charge in [0, 0.05) is 25.7 Å². The van der Waals surface area contributed by atoms with Gasteiger partial charge >= 0.3 is 6.09 Å². The molecule has 82 valence electrons. The molecule has 4 nitrogen and oxygen atoms in total. The highest BCUT2D eigenvalue weighted by atomic mass is 16.6. The lowest BCUT2D eigenvalue weighted by atomic mass is 10.2. The van der Waals surface area contributed by atoms with Crippen molar-refractivity contribution in [1.82, 2.24) is 10.2 Å². The molecular formula is C10H20N2O2. The van der Waals surface area contributed by atoms with Gasteiger partial charge in [-0.05, 0) is 13.3 Å². The van der Waals surface area contributed by atoms with Crippen molar-refractivity contribution in [3.63, 3.8) is 0 Å². The number of unbranched alkanes of at least 4 members (excludes halogenated alkanes) is 1. The number of nitrogens with one attached hydrogen (secondary N) is 1. The molecule has 14 heavy (non-hydrogen) atoms. The van der Waals surface area contributed by atoms with Crippen LogP contribution in [0.4, 0.5) is 4.79 Å². The average molecular weight is 201 g/mol. The van der Waals surface area contributed by atoms with Gasteiger partial charge in [0.05, 0.1) is 7.98 Å². The number of hydrogen-bond acceptors (Lipinski definition) is 3. The monoisotopic (exact) mass is 201 g/mol. The minimum Gasteiger partial charge on any atom is -0.449 e. The van der Waals surface area contributed by atoms with Crippen molar-refractivity contribution in [3.05, 3.63) is 0 Å². The summed E-state index contributed by atoms with van der Waals surface area (Å²) in [6.07, 6.45) is 1.54. The van der Waals surface area contributed by atoms with Gasteiger partial charge in [0.15, 0.2) is 0 Å². The second-order valence-corrected chi connectivity index (χ2v) is 3.55. The minimum absolute atomic E-state index is 0.0116. The van der Waals surface area contributed by atoms with Crippen molar-refractivity contribution in [2.24, 2.45) is 0 Å². The molecule has 1 N–H and O–H groups in total. The van der Waals surface area contributed by atoms with Gasteiger partial charge in [-0.1, -0.05) is 13.3 Å². The number of piperazine rings is 1. The van der Waals surface area contributed by atoms with Gasteiger partial charge in [-0.2, -0.15) is 0 Å². The molecule has 1 saturated heterocycles. The van der Waals surface area contributed by atoms with Crippen molar-refractivity contribution in [2.75, 3.05) is 26.2 Å². The first kappa shape index (κ1) is 9.77. The second-order valence-electron chi connectivity index (χ2n) is 3.55. The van der Waals surface area contributed by atoms with E-state index in [-0.39, 0.29) is 12.1 Å². The molecular weight excluding hydrogens is 180 g/mol. The molecule has 0 aromatic heterocycles. The molecule has 2 unspecified atom stereocenters. The molecule has 1 heterocycles. The third-order valence-corrected chi connectivity index (χ3v) is 2.18. The van der Waals surface area contributed by atoms with Crippen LogP contribution in [0.5, 0.6) is 0 Å². The van der Waals surface area contributed by atoms with Gasteiger partial charge in [-0.25, -0.2) is 4.79 Å². The van der Waals surface area contributed by atoms with Gasteiger partial charge in [0.1, 0.15) is 0 Å². The quantitative estimate of drug-likeness (QED) is 0.698. The van der Waals surface area contributed by atoms with E-state index in [1.165, 1.54) is 4.90 Å². The Morgan fingerprint density at radius 1 is 1.79 bits per heavy atom. The summed E-state index contributed by atoms with van der Waals surface area (Å²) in [5.41, 5.74) is 0. The van der Waals surface area contributed by atoms with Crippen molar-refractivity contribution < 1.29 is 10.9 Å². The molecule has 2 atom stereocenters. The summed E-state index contributed by atoms with van der Waals surface area (Å²) in [5.74, 6) is 0. The van der Waals surface area contributed by atoms with E-state index in [1.54, 1.807) is 0 Å². The third kappa shape index (κ3) is 3.54. The molecule has 1 aliphatic rings. The molecule has 0 bridgehead atoms. The predicted molar refractivity (Wildman–Crippen MR) is 55.3 cm³/mol. The highest BCUT2D eigenvalue weighted by Gasteiger charge is 2.20. The fraction of sp³-hybridized carbons (Fsp3) is 0.900. The van der Waals surface area contributed by atoms with E-state index in [4.69, 9.17) is 6.11 Å². The van der Waals surface area contributed by atoms with E-state index in [2.05, 4.69) is 5.32 Å². The fourth-order valence-corrected chi connectivity index (χ4v) is 1.35. The predicted octanol–water partition coefficient (Wildman–Crippen LogP) is 1.22. The summed E-state index contributed by atoms with van der Waals surface area (Å²) in [6.45, 7) is 5.17. The van der Waals surface area contributed by atoms with Crippen LogP contribution in [0.25, 0.3) is 0 Å². The molecule has 0 saturated carbocycles. The summed E-state index contributed by atoms with van der Waals surface area (Å²) < 4.78 is 12.9. The SMILES string of the molecule is [2H]C1C(C)NCCN1C(=O)OCCCC. The van der Waals surface area contributed by atoms with Crippen LogP contribution in [0.3, 0.4) is 0 Å². The highest BCUT2D eigenvalue weighted by Crippen LogP contribution is 2.02. The van der Waals surface area contributed by atoms with E-state index >= 15 is 0 Å². The van der Waals surface area contributed by atoms with Crippen LogP contribution in [-0.4, -0.2) is 43.3 Å². The standard InChI is InChI=1S/C10H20N2O2/c1-3-4-7-14-10(13)12-6-5-11-9(2)8-12/h9,11H,3-8H2,1-2H3/i8D. The number of ether oxygens (including phenoxy) is 1. The maximum absolute atomic E-state index is 11.6. The van der Waals surface area contributed by atoms with Crippen LogP contribution in [-0.2, 0) is 4.74 Å². The number of hydrogen-bond donors (Lipinski definition) is 1. The average Bonchev–Trinajstić information content (AvgIpc) is 2.22. The van der Waals surface area contributed by atoms with Crippen LogP contribution < -0.4 is 5.32 Å². The number of amides is 1. The summed E-state index contributed by atoms with van der Waals surface area (Å²) in [6, 6.07) is 0.0116. The summed E-state index contributed by atoms with van der Waals surface area (Å²) in [7, 11) is 0. The van der Waals surface area contributed by atoms with E-state index in [9.17, 15) is 4.79 Å². The van der Waals surface area contributed by atoms with Gasteiger partial charge < -0.3 is 15.0 Å². The topological polar surface area (TPSA) is 41.6 Å². The Hall–Kier alpha value is -0.770. The molecule has 0 aliphatic carbocycles. The minimum atomic E-state index is -0.534. The van der Waals surface area contributed by atoms with E-state index in [0.29, 0.717) is 13.2 Å². The molecule has 1 aliphatic heterocycles. The first-order chi connectivity index (χ1) is 7.16. The van der Waals surface area contributed by atoms with Crippen molar-refractivity contribution in [2.45, 2.75) is 32.7 Å². The second kappa shape index (κ2) is 5.86. The van der Waals surface area contributed by atoms with E-state index in [0.717, 1.165) is 19.4 Å². The molecule has 0 spiro atoms. The third-order valence-electron chi connectivity index (χ3n) is 2.18. The summed E-state index contributed by atoms with van der Waals surface area (Å²) in [4.78, 5) is 13.1. The lowest BCUT2D eigenvalue weighted by molar-refractivity contribution is 0.0908. The van der Waals surface area contributed by atoms with E-state index < -0.39 is 6.52 Å². The van der Waals surface area contributed by atoms with Gasteiger partial charge in [0.2, 0.25) is 0 Å². The normalized spacial score (nSPS) is 28.4. The first-order valence-corrected chi connectivity index (χ1v) is 5.25. The maximum atomic E-state index is 11.6. The molecule has 0 radical (unpaired) electrons. The summed E-state index contributed by atoms with van der Waals surface area (Å²) >= 11 is 0. The largest absolute Gasteiger partial charge is 0.449 e. The van der Waals surface area contributed by atoms with Crippen molar-refractivity contribution in [1.29, 1.82) is 0 Å². The van der Waals surface area contributed by atoms with Crippen LogP contribution in [0.1, 0.15) is 28.1 Å². The van der Waals surface area contributed by atoms with Gasteiger partial charge in [0.25, 0.3) is 0 Å². The Kier molecular flexibility index (Phi) is 4.09. The molecule has 0 aromatic rings. The lowest BCUT2D eigenvalue weighted by Crippen LogP contribution is -2.51. The van der Waals surface area contributed by atoms with Gasteiger partial charge in [-0.15, -0.1) is 0 Å². The highest BCUT2D eigenvalue weighted by molar-refractivity contribution is 5.67. The van der Waals surface area contributed by atoms with Gasteiger partial charge in [-0.3, -0.25) is 0 Å². The zero-order valence-corrected chi connectivity index (χ0v) is 8.95. The number of rotatable bonds is 3. The van der Waals surface area contributed by atoms with Crippen molar-refractivity contribution in [3.8, 4) is 0 Å². The number of nitrogens with zero attached hydrogens (tertiary/aromatic N) is 1. The first-order valence-electron chi connectivity index (χ1n) is 5.83. The Morgan fingerprint density at radius 3 is 3.29 bits per heavy atom. The molecule has 1 fully saturated rings.